The molecule has 0 spiro atoms. The summed E-state index contributed by atoms with van der Waals surface area (Å²) in [6, 6.07) is 13.9. The van der Waals surface area contributed by atoms with E-state index in [0.717, 1.165) is 21.0 Å². The summed E-state index contributed by atoms with van der Waals surface area (Å²) in [7, 11) is 0. The molecule has 0 unspecified atom stereocenters. The van der Waals surface area contributed by atoms with Gasteiger partial charge in [0.25, 0.3) is 5.91 Å². The second kappa shape index (κ2) is 6.96. The van der Waals surface area contributed by atoms with Crippen molar-refractivity contribution >= 4 is 45.7 Å². The van der Waals surface area contributed by atoms with E-state index in [4.69, 9.17) is 0 Å². The van der Waals surface area contributed by atoms with E-state index in [1.54, 1.807) is 23.2 Å². The number of thiazole rings is 1. The largest absolute Gasteiger partial charge is 0.299 e. The SMILES string of the molecule is O=C1CC[C@@]2(C(=O)Nc3ncc(Cc4ccc(F)cc4)s3)Sc3ccccc3N12. The Morgan fingerprint density at radius 2 is 2.00 bits per heavy atom. The first-order valence-corrected chi connectivity index (χ1v) is 10.8. The van der Waals surface area contributed by atoms with E-state index in [0.29, 0.717) is 24.4 Å². The third-order valence-corrected chi connectivity index (χ3v) is 7.48. The Labute approximate surface area is 175 Å². The van der Waals surface area contributed by atoms with Crippen LogP contribution in [0.3, 0.4) is 0 Å². The molecule has 0 radical (unpaired) electrons. The number of hydrogen-bond acceptors (Lipinski definition) is 5. The molecule has 3 aromatic rings. The molecule has 5 nitrogen and oxygen atoms in total. The molecular weight excluding hydrogens is 409 g/mol. The van der Waals surface area contributed by atoms with E-state index < -0.39 is 4.87 Å². The van der Waals surface area contributed by atoms with Gasteiger partial charge in [-0.25, -0.2) is 9.37 Å². The minimum Gasteiger partial charge on any atom is -0.299 e. The van der Waals surface area contributed by atoms with E-state index in [1.807, 2.05) is 24.3 Å². The summed E-state index contributed by atoms with van der Waals surface area (Å²) in [5.74, 6) is -0.531. The number of thioether (sulfide) groups is 1. The second-order valence-electron chi connectivity index (χ2n) is 6.97. The minimum absolute atomic E-state index is 0.0336. The van der Waals surface area contributed by atoms with Crippen LogP contribution >= 0.6 is 23.1 Å². The van der Waals surface area contributed by atoms with Crippen molar-refractivity contribution in [1.82, 2.24) is 4.98 Å². The van der Waals surface area contributed by atoms with Gasteiger partial charge in [0.15, 0.2) is 10.0 Å². The molecule has 2 amide bonds. The molecule has 1 N–H and O–H groups in total. The number of nitrogens with zero attached hydrogens (tertiary/aromatic N) is 2. The van der Waals surface area contributed by atoms with Gasteiger partial charge in [-0.1, -0.05) is 36.0 Å². The molecule has 2 aromatic carbocycles. The number of fused-ring (bicyclic) bond motifs is 3. The summed E-state index contributed by atoms with van der Waals surface area (Å²) in [4.78, 5) is 32.6. The molecule has 0 aliphatic carbocycles. The van der Waals surface area contributed by atoms with Gasteiger partial charge in [0.2, 0.25) is 5.91 Å². The lowest BCUT2D eigenvalue weighted by atomic mass is 10.1. The normalized spacial score (nSPS) is 19.9. The van der Waals surface area contributed by atoms with Crippen molar-refractivity contribution < 1.29 is 14.0 Å². The van der Waals surface area contributed by atoms with Gasteiger partial charge in [0.1, 0.15) is 5.82 Å². The number of halogens is 1. The Balaban J connectivity index is 1.35. The molecule has 1 atom stereocenters. The monoisotopic (exact) mass is 425 g/mol. The maximum atomic E-state index is 13.2. The van der Waals surface area contributed by atoms with Crippen molar-refractivity contribution in [3.8, 4) is 0 Å². The average molecular weight is 426 g/mol. The highest BCUT2D eigenvalue weighted by Crippen LogP contribution is 2.56. The van der Waals surface area contributed by atoms with E-state index in [2.05, 4.69) is 10.3 Å². The van der Waals surface area contributed by atoms with Crippen LogP contribution in [0.15, 0.2) is 59.6 Å². The third kappa shape index (κ3) is 3.12. The maximum absolute atomic E-state index is 13.2. The Bertz CT molecular complexity index is 1120. The first-order valence-electron chi connectivity index (χ1n) is 9.17. The van der Waals surface area contributed by atoms with E-state index >= 15 is 0 Å². The van der Waals surface area contributed by atoms with Crippen LogP contribution in [0, 0.1) is 5.82 Å². The van der Waals surface area contributed by atoms with Crippen LogP contribution in [0.2, 0.25) is 0 Å². The lowest BCUT2D eigenvalue weighted by molar-refractivity contribution is -0.121. The number of carbonyl (C=O) groups is 2. The Morgan fingerprint density at radius 1 is 1.21 bits per heavy atom. The van der Waals surface area contributed by atoms with Crippen molar-refractivity contribution in [2.45, 2.75) is 29.0 Å². The van der Waals surface area contributed by atoms with E-state index in [9.17, 15) is 14.0 Å². The lowest BCUT2D eigenvalue weighted by Crippen LogP contribution is -2.49. The average Bonchev–Trinajstić information content (AvgIpc) is 3.38. The van der Waals surface area contributed by atoms with Gasteiger partial charge < -0.3 is 0 Å². The topological polar surface area (TPSA) is 62.3 Å². The van der Waals surface area contributed by atoms with Gasteiger partial charge in [-0.15, -0.1) is 11.3 Å². The molecule has 1 fully saturated rings. The predicted octanol–water partition coefficient (Wildman–Crippen LogP) is 4.44. The Hall–Kier alpha value is -2.71. The van der Waals surface area contributed by atoms with Gasteiger partial charge in [0.05, 0.1) is 5.69 Å². The van der Waals surface area contributed by atoms with Gasteiger partial charge in [-0.2, -0.15) is 0 Å². The van der Waals surface area contributed by atoms with Crippen LogP contribution < -0.4 is 10.2 Å². The van der Waals surface area contributed by atoms with Gasteiger partial charge in [-0.3, -0.25) is 19.8 Å². The smallest absolute Gasteiger partial charge is 0.263 e. The van der Waals surface area contributed by atoms with Crippen LogP contribution in [-0.4, -0.2) is 21.7 Å². The van der Waals surface area contributed by atoms with Crippen LogP contribution in [0.4, 0.5) is 15.2 Å². The number of benzene rings is 2. The summed E-state index contributed by atoms with van der Waals surface area (Å²) in [6.45, 7) is 0. The van der Waals surface area contributed by atoms with Crippen molar-refractivity contribution in [3.05, 3.63) is 71.0 Å². The van der Waals surface area contributed by atoms with Gasteiger partial charge >= 0.3 is 0 Å². The molecular formula is C21H16FN3O2S2. The van der Waals surface area contributed by atoms with Crippen molar-refractivity contribution in [2.24, 2.45) is 0 Å². The molecule has 2 aliphatic heterocycles. The van der Waals surface area contributed by atoms with E-state index in [-0.39, 0.29) is 17.6 Å². The van der Waals surface area contributed by atoms with Crippen LogP contribution in [0.5, 0.6) is 0 Å². The summed E-state index contributed by atoms with van der Waals surface area (Å²) in [6.07, 6.45) is 3.15. The third-order valence-electron chi connectivity index (χ3n) is 5.09. The molecule has 5 rings (SSSR count). The van der Waals surface area contributed by atoms with Gasteiger partial charge in [0, 0.05) is 28.8 Å². The summed E-state index contributed by atoms with van der Waals surface area (Å²) < 4.78 is 13.1. The van der Waals surface area contributed by atoms with Crippen LogP contribution in [-0.2, 0) is 16.0 Å². The first kappa shape index (κ1) is 18.3. The Morgan fingerprint density at radius 3 is 2.83 bits per heavy atom. The van der Waals surface area contributed by atoms with Crippen molar-refractivity contribution in [3.63, 3.8) is 0 Å². The molecule has 3 heterocycles. The highest BCUT2D eigenvalue weighted by molar-refractivity contribution is 8.02. The molecule has 146 valence electrons. The molecule has 2 aliphatic rings. The van der Waals surface area contributed by atoms with Crippen LogP contribution in [0.1, 0.15) is 23.3 Å². The number of carbonyl (C=O) groups excluding carboxylic acids is 2. The second-order valence-corrected chi connectivity index (χ2v) is 9.41. The lowest BCUT2D eigenvalue weighted by Gasteiger charge is -2.29. The number of nitrogens with one attached hydrogen (secondary N) is 1. The quantitative estimate of drug-likeness (QED) is 0.671. The van der Waals surface area contributed by atoms with Crippen molar-refractivity contribution in [1.29, 1.82) is 0 Å². The summed E-state index contributed by atoms with van der Waals surface area (Å²) in [5, 5.41) is 3.41. The van der Waals surface area contributed by atoms with Crippen molar-refractivity contribution in [2.75, 3.05) is 10.2 Å². The number of amides is 2. The minimum atomic E-state index is -0.955. The number of para-hydroxylation sites is 1. The molecule has 8 heteroatoms. The molecule has 0 saturated carbocycles. The summed E-state index contributed by atoms with van der Waals surface area (Å²) in [5.41, 5.74) is 1.77. The highest BCUT2D eigenvalue weighted by Gasteiger charge is 2.57. The zero-order valence-electron chi connectivity index (χ0n) is 15.2. The summed E-state index contributed by atoms with van der Waals surface area (Å²) >= 11 is 2.82. The van der Waals surface area contributed by atoms with Crippen LogP contribution in [0.25, 0.3) is 0 Å². The number of aromatic nitrogens is 1. The molecule has 1 saturated heterocycles. The zero-order valence-corrected chi connectivity index (χ0v) is 16.9. The van der Waals surface area contributed by atoms with Gasteiger partial charge in [-0.05, 0) is 36.2 Å². The number of rotatable bonds is 4. The standard InChI is InChI=1S/C21H16FN3O2S2/c22-14-7-5-13(6-8-14)11-15-12-23-20(28-15)24-19(27)21-10-9-18(26)25(21)16-3-1-2-4-17(16)29-21/h1-8,12H,9-11H2,(H,23,24,27)/t21-/m0/s1. The predicted molar refractivity (Wildman–Crippen MR) is 112 cm³/mol. The van der Waals surface area contributed by atoms with E-state index in [1.165, 1.54) is 35.2 Å². The number of hydrogen-bond donors (Lipinski definition) is 1. The molecule has 1 aromatic heterocycles. The molecule has 29 heavy (non-hydrogen) atoms. The number of anilines is 2. The first-order chi connectivity index (χ1) is 14.0. The fourth-order valence-electron chi connectivity index (χ4n) is 3.74. The maximum Gasteiger partial charge on any atom is 0.263 e. The zero-order chi connectivity index (χ0) is 20.0. The molecule has 0 bridgehead atoms. The Kier molecular flexibility index (Phi) is 4.40. The highest BCUT2D eigenvalue weighted by atomic mass is 32.2. The fourth-order valence-corrected chi connectivity index (χ4v) is 6.00. The fraction of sp³-hybridized carbons (Fsp3) is 0.190.